The molecule has 0 saturated carbocycles. The molecule has 37 heavy (non-hydrogen) atoms. The standard InChI is InChI=1S/C13H17N5O.C12H15N5O/c1-17-6-4-10-8(12(17)19)7-11(18(10)2)9-3-5-15-13(14)16-9;1-17-5-3-8-7(11(17)18)6-10(15-8)9-2-4-14-12(13)16-9/h3,5,7-8,10H,4,6H2,1-2H3,(H2,14,15,16);2,4,6-8,15H,3,5H2,1H3,(H2,13,14,16). The molecule has 2 amide bonds. The fourth-order valence-electron chi connectivity index (χ4n) is 5.41. The van der Waals surface area contributed by atoms with Crippen molar-refractivity contribution in [3.8, 4) is 0 Å². The molecule has 194 valence electrons. The van der Waals surface area contributed by atoms with Crippen molar-refractivity contribution in [3.63, 3.8) is 0 Å². The summed E-state index contributed by atoms with van der Waals surface area (Å²) < 4.78 is 0. The number of nitrogens with zero attached hydrogens (tertiary/aromatic N) is 7. The third kappa shape index (κ3) is 4.66. The predicted molar refractivity (Wildman–Crippen MR) is 139 cm³/mol. The first-order valence-corrected chi connectivity index (χ1v) is 12.3. The minimum Gasteiger partial charge on any atom is -0.380 e. The smallest absolute Gasteiger partial charge is 0.231 e. The van der Waals surface area contributed by atoms with Crippen LogP contribution in [0, 0.1) is 11.8 Å². The van der Waals surface area contributed by atoms with E-state index in [1.165, 1.54) is 0 Å². The van der Waals surface area contributed by atoms with Gasteiger partial charge in [-0.25, -0.2) is 19.9 Å². The molecular weight excluding hydrogens is 472 g/mol. The topological polar surface area (TPSA) is 159 Å². The Morgan fingerprint density at radius 2 is 1.43 bits per heavy atom. The molecule has 2 saturated heterocycles. The highest BCUT2D eigenvalue weighted by molar-refractivity contribution is 5.87. The van der Waals surface area contributed by atoms with Crippen LogP contribution >= 0.6 is 0 Å². The van der Waals surface area contributed by atoms with Gasteiger partial charge in [0.2, 0.25) is 23.7 Å². The van der Waals surface area contributed by atoms with E-state index in [1.54, 1.807) is 28.3 Å². The maximum absolute atomic E-state index is 12.2. The van der Waals surface area contributed by atoms with Crippen molar-refractivity contribution < 1.29 is 9.59 Å². The molecule has 0 spiro atoms. The third-order valence-electron chi connectivity index (χ3n) is 7.50. The minimum absolute atomic E-state index is 0.0741. The van der Waals surface area contributed by atoms with Crippen LogP contribution < -0.4 is 16.8 Å². The summed E-state index contributed by atoms with van der Waals surface area (Å²) >= 11 is 0. The second-order valence-corrected chi connectivity index (χ2v) is 9.81. The Labute approximate surface area is 215 Å². The van der Waals surface area contributed by atoms with Gasteiger partial charge in [-0.1, -0.05) is 0 Å². The largest absolute Gasteiger partial charge is 0.380 e. The number of likely N-dealkylation sites (tertiary alicyclic amines) is 2. The number of nitrogens with two attached hydrogens (primary N) is 2. The minimum atomic E-state index is -0.0880. The number of carbonyl (C=O) groups excluding carboxylic acids is 2. The molecule has 0 aliphatic carbocycles. The summed E-state index contributed by atoms with van der Waals surface area (Å²) in [4.78, 5) is 46.1. The molecule has 4 atom stereocenters. The molecule has 5 N–H and O–H groups in total. The van der Waals surface area contributed by atoms with E-state index >= 15 is 0 Å². The first kappa shape index (κ1) is 24.5. The van der Waals surface area contributed by atoms with Gasteiger partial charge in [-0.3, -0.25) is 9.59 Å². The Morgan fingerprint density at radius 1 is 0.838 bits per heavy atom. The quantitative estimate of drug-likeness (QED) is 0.510. The van der Waals surface area contributed by atoms with E-state index in [0.29, 0.717) is 0 Å². The Bertz CT molecular complexity index is 1280. The van der Waals surface area contributed by atoms with Crippen LogP contribution in [0.25, 0.3) is 11.4 Å². The number of nitrogens with one attached hydrogen (secondary N) is 1. The molecule has 12 heteroatoms. The fraction of sp³-hybridized carbons (Fsp3) is 0.440. The van der Waals surface area contributed by atoms with E-state index in [9.17, 15) is 9.59 Å². The van der Waals surface area contributed by atoms with E-state index in [1.807, 2.05) is 39.4 Å². The van der Waals surface area contributed by atoms with Gasteiger partial charge in [0, 0.05) is 58.7 Å². The molecule has 6 heterocycles. The van der Waals surface area contributed by atoms with E-state index in [2.05, 4.69) is 30.2 Å². The zero-order chi connectivity index (χ0) is 26.3. The van der Waals surface area contributed by atoms with Crippen molar-refractivity contribution in [1.82, 2.24) is 40.0 Å². The van der Waals surface area contributed by atoms with E-state index in [4.69, 9.17) is 11.5 Å². The summed E-state index contributed by atoms with van der Waals surface area (Å²) in [5, 5.41) is 3.36. The van der Waals surface area contributed by atoms with Crippen LogP contribution in [0.5, 0.6) is 0 Å². The lowest BCUT2D eigenvalue weighted by Crippen LogP contribution is -2.47. The van der Waals surface area contributed by atoms with Gasteiger partial charge >= 0.3 is 0 Å². The second-order valence-electron chi connectivity index (χ2n) is 9.81. The number of hydrogen-bond acceptors (Lipinski definition) is 10. The molecule has 4 aliphatic rings. The SMILES string of the molecule is CN1CCC2C(C=C(c3ccnc(N)n3)N2C)C1=O.CN1CCC2NC(c3ccnc(N)n3)=CC2C1=O. The molecule has 2 aromatic rings. The van der Waals surface area contributed by atoms with Gasteiger partial charge in [-0.15, -0.1) is 0 Å². The van der Waals surface area contributed by atoms with Crippen molar-refractivity contribution in [2.45, 2.75) is 24.9 Å². The van der Waals surface area contributed by atoms with Crippen LogP contribution in [0.2, 0.25) is 0 Å². The summed E-state index contributed by atoms with van der Waals surface area (Å²) in [5.74, 6) is 0.680. The maximum atomic E-state index is 12.2. The number of fused-ring (bicyclic) bond motifs is 2. The van der Waals surface area contributed by atoms with Crippen LogP contribution in [-0.2, 0) is 9.59 Å². The zero-order valence-corrected chi connectivity index (χ0v) is 21.2. The average Bonchev–Trinajstić information content (AvgIpc) is 3.47. The number of anilines is 2. The molecule has 4 unspecified atom stereocenters. The number of piperidine rings is 2. The number of carbonyl (C=O) groups is 2. The van der Waals surface area contributed by atoms with Gasteiger partial charge in [-0.05, 0) is 37.1 Å². The number of hydrogen-bond donors (Lipinski definition) is 3. The maximum Gasteiger partial charge on any atom is 0.231 e. The predicted octanol–water partition coefficient (Wildman–Crippen LogP) is 0.0418. The molecule has 0 radical (unpaired) electrons. The van der Waals surface area contributed by atoms with Gasteiger partial charge in [0.15, 0.2) is 0 Å². The lowest BCUT2D eigenvalue weighted by Gasteiger charge is -2.35. The fourth-order valence-corrected chi connectivity index (χ4v) is 5.41. The lowest BCUT2D eigenvalue weighted by atomic mass is 9.93. The summed E-state index contributed by atoms with van der Waals surface area (Å²) in [5.41, 5.74) is 14.6. The molecule has 0 bridgehead atoms. The third-order valence-corrected chi connectivity index (χ3v) is 7.50. The number of aromatic nitrogens is 4. The zero-order valence-electron chi connectivity index (χ0n) is 21.2. The molecule has 2 fully saturated rings. The van der Waals surface area contributed by atoms with Crippen LogP contribution in [0.15, 0.2) is 36.7 Å². The molecule has 4 aliphatic heterocycles. The number of amides is 2. The van der Waals surface area contributed by atoms with Crippen molar-refractivity contribution >= 4 is 35.1 Å². The van der Waals surface area contributed by atoms with Gasteiger partial charge in [0.1, 0.15) is 0 Å². The molecule has 2 aromatic heterocycles. The summed E-state index contributed by atoms with van der Waals surface area (Å²) in [6.07, 6.45) is 9.14. The Hall–Kier alpha value is -4.22. The first-order valence-electron chi connectivity index (χ1n) is 12.3. The molecule has 0 aromatic carbocycles. The average molecular weight is 505 g/mol. The van der Waals surface area contributed by atoms with Crippen molar-refractivity contribution in [2.75, 3.05) is 45.7 Å². The van der Waals surface area contributed by atoms with Crippen LogP contribution in [0.1, 0.15) is 24.2 Å². The van der Waals surface area contributed by atoms with Crippen molar-refractivity contribution in [1.29, 1.82) is 0 Å². The van der Waals surface area contributed by atoms with Crippen LogP contribution in [0.3, 0.4) is 0 Å². The van der Waals surface area contributed by atoms with Gasteiger partial charge in [0.25, 0.3) is 0 Å². The van der Waals surface area contributed by atoms with Gasteiger partial charge in [0.05, 0.1) is 34.6 Å². The summed E-state index contributed by atoms with van der Waals surface area (Å²) in [6.45, 7) is 1.59. The number of nitrogen functional groups attached to an aromatic ring is 2. The molecule has 6 rings (SSSR count). The second kappa shape index (κ2) is 9.68. The van der Waals surface area contributed by atoms with Crippen molar-refractivity contribution in [3.05, 3.63) is 48.1 Å². The monoisotopic (exact) mass is 504 g/mol. The van der Waals surface area contributed by atoms with E-state index < -0.39 is 0 Å². The first-order chi connectivity index (χ1) is 17.7. The van der Waals surface area contributed by atoms with E-state index in [0.717, 1.165) is 48.7 Å². The lowest BCUT2D eigenvalue weighted by molar-refractivity contribution is -0.137. The van der Waals surface area contributed by atoms with Crippen LogP contribution in [0.4, 0.5) is 11.9 Å². The normalized spacial score (nSPS) is 26.5. The summed E-state index contributed by atoms with van der Waals surface area (Å²) in [6, 6.07) is 4.03. The highest BCUT2D eigenvalue weighted by Gasteiger charge is 2.42. The summed E-state index contributed by atoms with van der Waals surface area (Å²) in [7, 11) is 5.70. The highest BCUT2D eigenvalue weighted by atomic mass is 16.2. The van der Waals surface area contributed by atoms with E-state index in [-0.39, 0.29) is 47.6 Å². The van der Waals surface area contributed by atoms with Crippen LogP contribution in [-0.4, -0.2) is 92.8 Å². The Kier molecular flexibility index (Phi) is 6.40. The highest BCUT2D eigenvalue weighted by Crippen LogP contribution is 2.36. The van der Waals surface area contributed by atoms with Crippen molar-refractivity contribution in [2.24, 2.45) is 11.8 Å². The Morgan fingerprint density at radius 3 is 2.11 bits per heavy atom. The Balaban J connectivity index is 0.000000152. The molecular formula is C25H32N10O2. The molecule has 12 nitrogen and oxygen atoms in total. The number of rotatable bonds is 2. The van der Waals surface area contributed by atoms with Gasteiger partial charge in [-0.2, -0.15) is 0 Å². The van der Waals surface area contributed by atoms with Gasteiger partial charge < -0.3 is 31.5 Å².